The van der Waals surface area contributed by atoms with Crippen molar-refractivity contribution < 1.29 is 10.1 Å². The molecule has 0 unspecified atom stereocenters. The van der Waals surface area contributed by atoms with E-state index in [1.165, 1.54) is 89.9 Å². The molecule has 22 heavy (non-hydrogen) atoms. The van der Waals surface area contributed by atoms with Crippen LogP contribution in [-0.4, -0.2) is 11.9 Å². The molecule has 0 aliphatic heterocycles. The molecule has 0 radical (unpaired) electrons. The van der Waals surface area contributed by atoms with Crippen LogP contribution in [0.3, 0.4) is 0 Å². The highest BCUT2D eigenvalue weighted by Crippen LogP contribution is 2.41. The third kappa shape index (κ3) is 11.5. The van der Waals surface area contributed by atoms with Crippen molar-refractivity contribution in [2.75, 3.05) is 6.61 Å². The van der Waals surface area contributed by atoms with Crippen LogP contribution in [0.4, 0.5) is 0 Å². The molecule has 0 saturated heterocycles. The molecule has 2 nitrogen and oxygen atoms in total. The van der Waals surface area contributed by atoms with Crippen LogP contribution in [0.2, 0.25) is 0 Å². The van der Waals surface area contributed by atoms with Crippen LogP contribution in [0, 0.1) is 5.41 Å². The predicted octanol–water partition coefficient (Wildman–Crippen LogP) is 7.37. The van der Waals surface area contributed by atoms with Gasteiger partial charge in [0.25, 0.3) is 0 Å². The molecule has 0 heterocycles. The van der Waals surface area contributed by atoms with Gasteiger partial charge in [0.05, 0.1) is 6.61 Å². The van der Waals surface area contributed by atoms with Crippen molar-refractivity contribution in [2.45, 2.75) is 117 Å². The molecule has 0 aromatic rings. The Morgan fingerprint density at radius 1 is 0.591 bits per heavy atom. The van der Waals surface area contributed by atoms with E-state index < -0.39 is 0 Å². The zero-order valence-electron chi connectivity index (χ0n) is 15.7. The Balaban J connectivity index is 4.21. The van der Waals surface area contributed by atoms with Gasteiger partial charge in [-0.15, -0.1) is 0 Å². The molecule has 0 spiro atoms. The van der Waals surface area contributed by atoms with E-state index >= 15 is 0 Å². The van der Waals surface area contributed by atoms with Crippen molar-refractivity contribution in [1.29, 1.82) is 0 Å². The summed E-state index contributed by atoms with van der Waals surface area (Å²) in [5, 5.41) is 8.32. The zero-order chi connectivity index (χ0) is 16.5. The second kappa shape index (κ2) is 15.8. The summed E-state index contributed by atoms with van der Waals surface area (Å²) in [6.45, 7) is 7.47. The molecule has 0 aliphatic carbocycles. The van der Waals surface area contributed by atoms with Gasteiger partial charge in [-0.3, -0.25) is 5.26 Å². The first-order chi connectivity index (χ1) is 10.7. The number of unbranched alkanes of at least 4 members (excludes halogenated alkanes) is 7. The zero-order valence-corrected chi connectivity index (χ0v) is 15.7. The molecule has 0 aromatic carbocycles. The summed E-state index contributed by atoms with van der Waals surface area (Å²) in [5.74, 6) is 0. The molecule has 0 fully saturated rings. The van der Waals surface area contributed by atoms with Gasteiger partial charge in [-0.1, -0.05) is 85.0 Å². The minimum absolute atomic E-state index is 0.493. The summed E-state index contributed by atoms with van der Waals surface area (Å²) < 4.78 is 0. The Labute approximate surface area is 140 Å². The predicted molar refractivity (Wildman–Crippen MR) is 97.3 cm³/mol. The van der Waals surface area contributed by atoms with Gasteiger partial charge >= 0.3 is 0 Å². The summed E-state index contributed by atoms with van der Waals surface area (Å²) in [5.41, 5.74) is 0.635. The Bertz CT molecular complexity index is 194. The molecule has 0 rings (SSSR count). The lowest BCUT2D eigenvalue weighted by Crippen LogP contribution is -2.21. The molecular formula is C20H42O2. The highest BCUT2D eigenvalue weighted by molar-refractivity contribution is 4.79. The van der Waals surface area contributed by atoms with Crippen LogP contribution in [0.1, 0.15) is 117 Å². The summed E-state index contributed by atoms with van der Waals surface area (Å²) in [6, 6.07) is 0. The largest absolute Gasteiger partial charge is 0.252 e. The van der Waals surface area contributed by atoms with E-state index in [2.05, 4.69) is 25.7 Å². The third-order valence-corrected chi connectivity index (χ3v) is 5.12. The van der Waals surface area contributed by atoms with Crippen LogP contribution in [0.15, 0.2) is 0 Å². The average Bonchev–Trinajstić information content (AvgIpc) is 2.55. The number of hydrogen-bond acceptors (Lipinski definition) is 2. The fourth-order valence-corrected chi connectivity index (χ4v) is 3.60. The second-order valence-electron chi connectivity index (χ2n) is 7.16. The number of hydrogen-bond donors (Lipinski definition) is 1. The minimum Gasteiger partial charge on any atom is -0.252 e. The van der Waals surface area contributed by atoms with Crippen molar-refractivity contribution in [3.8, 4) is 0 Å². The molecule has 0 bridgehead atoms. The van der Waals surface area contributed by atoms with Gasteiger partial charge in [-0.2, -0.15) is 0 Å². The first kappa shape index (κ1) is 21.9. The maximum absolute atomic E-state index is 8.32. The van der Waals surface area contributed by atoms with E-state index in [-0.39, 0.29) is 0 Å². The van der Waals surface area contributed by atoms with Crippen LogP contribution >= 0.6 is 0 Å². The smallest absolute Gasteiger partial charge is 0.0819 e. The normalized spacial score (nSPS) is 12.0. The Morgan fingerprint density at radius 2 is 1.00 bits per heavy atom. The Kier molecular flexibility index (Phi) is 15.7. The van der Waals surface area contributed by atoms with Crippen LogP contribution in [0.5, 0.6) is 0 Å². The average molecular weight is 315 g/mol. The molecule has 0 aromatic heterocycles. The molecule has 0 aliphatic rings. The summed E-state index contributed by atoms with van der Waals surface area (Å²) in [4.78, 5) is 4.14. The SMILES string of the molecule is CCCCC(CCCC)(CCCC)CCCCCCCOO. The van der Waals surface area contributed by atoms with Crippen LogP contribution in [-0.2, 0) is 4.89 Å². The lowest BCUT2D eigenvalue weighted by atomic mass is 9.71. The van der Waals surface area contributed by atoms with Crippen molar-refractivity contribution in [2.24, 2.45) is 5.41 Å². The van der Waals surface area contributed by atoms with E-state index in [9.17, 15) is 0 Å². The monoisotopic (exact) mass is 314 g/mol. The van der Waals surface area contributed by atoms with E-state index in [4.69, 9.17) is 5.26 Å². The standard InChI is InChI=1S/C20H42O2/c1-4-7-15-20(16-8-5-2,17-9-6-3)18-13-11-10-12-14-19-22-21/h21H,4-19H2,1-3H3. The molecule has 134 valence electrons. The summed E-state index contributed by atoms with van der Waals surface area (Å²) >= 11 is 0. The van der Waals surface area contributed by atoms with Gasteiger partial charge in [0, 0.05) is 0 Å². The van der Waals surface area contributed by atoms with E-state index in [0.717, 1.165) is 6.42 Å². The fraction of sp³-hybridized carbons (Fsp3) is 1.00. The van der Waals surface area contributed by atoms with Crippen LogP contribution in [0.25, 0.3) is 0 Å². The molecular weight excluding hydrogens is 272 g/mol. The molecule has 0 amide bonds. The van der Waals surface area contributed by atoms with Crippen molar-refractivity contribution >= 4 is 0 Å². The maximum atomic E-state index is 8.32. The van der Waals surface area contributed by atoms with Gasteiger partial charge < -0.3 is 0 Å². The van der Waals surface area contributed by atoms with Gasteiger partial charge in [0.15, 0.2) is 0 Å². The van der Waals surface area contributed by atoms with Gasteiger partial charge in [-0.05, 0) is 37.5 Å². The molecule has 2 heteroatoms. The Hall–Kier alpha value is -0.0800. The van der Waals surface area contributed by atoms with E-state index in [1.54, 1.807) is 0 Å². The first-order valence-electron chi connectivity index (χ1n) is 10.0. The number of rotatable bonds is 17. The minimum atomic E-state index is 0.493. The third-order valence-electron chi connectivity index (χ3n) is 5.12. The van der Waals surface area contributed by atoms with Gasteiger partial charge in [-0.25, -0.2) is 4.89 Å². The highest BCUT2D eigenvalue weighted by Gasteiger charge is 2.27. The topological polar surface area (TPSA) is 29.5 Å². The first-order valence-corrected chi connectivity index (χ1v) is 10.0. The van der Waals surface area contributed by atoms with Gasteiger partial charge in [0.2, 0.25) is 0 Å². The Morgan fingerprint density at radius 3 is 1.45 bits per heavy atom. The van der Waals surface area contributed by atoms with Crippen molar-refractivity contribution in [3.63, 3.8) is 0 Å². The van der Waals surface area contributed by atoms with Gasteiger partial charge in [0.1, 0.15) is 0 Å². The molecule has 1 N–H and O–H groups in total. The van der Waals surface area contributed by atoms with Crippen LogP contribution < -0.4 is 0 Å². The quantitative estimate of drug-likeness (QED) is 0.172. The second-order valence-corrected chi connectivity index (χ2v) is 7.16. The highest BCUT2D eigenvalue weighted by atomic mass is 17.1. The molecule has 0 atom stereocenters. The fourth-order valence-electron chi connectivity index (χ4n) is 3.60. The molecule has 0 saturated carbocycles. The van der Waals surface area contributed by atoms with Crippen molar-refractivity contribution in [1.82, 2.24) is 0 Å². The summed E-state index contributed by atoms with van der Waals surface area (Å²) in [7, 11) is 0. The van der Waals surface area contributed by atoms with E-state index in [0.29, 0.717) is 12.0 Å². The van der Waals surface area contributed by atoms with Crippen molar-refractivity contribution in [3.05, 3.63) is 0 Å². The lowest BCUT2D eigenvalue weighted by molar-refractivity contribution is -0.242. The van der Waals surface area contributed by atoms with E-state index in [1.807, 2.05) is 0 Å². The maximum Gasteiger partial charge on any atom is 0.0819 e. The summed E-state index contributed by atoms with van der Waals surface area (Å²) in [6.07, 6.45) is 20.2. The lowest BCUT2D eigenvalue weighted by Gasteiger charge is -2.35.